The Hall–Kier alpha value is -1.22. The largest absolute Gasteiger partial charge is 0.496 e. The Balaban J connectivity index is 2.05. The van der Waals surface area contributed by atoms with E-state index in [2.05, 4.69) is 11.4 Å². The van der Waals surface area contributed by atoms with Gasteiger partial charge in [-0.2, -0.15) is 0 Å². The lowest BCUT2D eigenvalue weighted by Crippen LogP contribution is -2.40. The fourth-order valence-electron chi connectivity index (χ4n) is 2.87. The first kappa shape index (κ1) is 9.97. The third-order valence-corrected chi connectivity index (χ3v) is 3.68. The molecule has 0 spiro atoms. The Labute approximate surface area is 95.8 Å². The number of hydrogen-bond acceptors (Lipinski definition) is 3. The Morgan fingerprint density at radius 1 is 1.44 bits per heavy atom. The fraction of sp³-hybridized carbons (Fsp3) is 0.538. The Morgan fingerprint density at radius 2 is 2.38 bits per heavy atom. The molecule has 1 N–H and O–H groups in total. The molecule has 0 aromatic heterocycles. The molecule has 2 aliphatic heterocycles. The zero-order chi connectivity index (χ0) is 11.0. The summed E-state index contributed by atoms with van der Waals surface area (Å²) < 4.78 is 11.3. The number of rotatable bonds is 1. The molecule has 86 valence electrons. The average Bonchev–Trinajstić information content (AvgIpc) is 2.37. The van der Waals surface area contributed by atoms with E-state index >= 15 is 0 Å². The Kier molecular flexibility index (Phi) is 2.48. The average molecular weight is 219 g/mol. The van der Waals surface area contributed by atoms with Gasteiger partial charge in [0, 0.05) is 18.0 Å². The quantitative estimate of drug-likeness (QED) is 0.781. The first-order valence-corrected chi connectivity index (χ1v) is 5.90. The molecule has 0 saturated carbocycles. The molecule has 0 bridgehead atoms. The molecule has 16 heavy (non-hydrogen) atoms. The van der Waals surface area contributed by atoms with Crippen LogP contribution in [0.3, 0.4) is 0 Å². The lowest BCUT2D eigenvalue weighted by molar-refractivity contribution is 0.164. The maximum Gasteiger partial charge on any atom is 0.126 e. The number of benzene rings is 1. The SMILES string of the molecule is COc1cccc2c1[C@H]1CCNC[C@@H]1CO2. The van der Waals surface area contributed by atoms with Gasteiger partial charge in [-0.05, 0) is 31.0 Å². The molecule has 0 radical (unpaired) electrons. The van der Waals surface area contributed by atoms with Crippen LogP contribution < -0.4 is 14.8 Å². The van der Waals surface area contributed by atoms with E-state index < -0.39 is 0 Å². The van der Waals surface area contributed by atoms with Crippen LogP contribution in [0.4, 0.5) is 0 Å². The lowest BCUT2D eigenvalue weighted by atomic mass is 9.79. The van der Waals surface area contributed by atoms with Crippen molar-refractivity contribution in [2.75, 3.05) is 26.8 Å². The summed E-state index contributed by atoms with van der Waals surface area (Å²) in [5, 5.41) is 3.43. The molecule has 2 atom stereocenters. The van der Waals surface area contributed by atoms with Crippen molar-refractivity contribution < 1.29 is 9.47 Å². The van der Waals surface area contributed by atoms with E-state index in [1.807, 2.05) is 12.1 Å². The van der Waals surface area contributed by atoms with Crippen molar-refractivity contribution in [2.24, 2.45) is 5.92 Å². The van der Waals surface area contributed by atoms with E-state index in [1.165, 1.54) is 12.0 Å². The number of fused-ring (bicyclic) bond motifs is 3. The van der Waals surface area contributed by atoms with Crippen molar-refractivity contribution in [2.45, 2.75) is 12.3 Å². The zero-order valence-electron chi connectivity index (χ0n) is 9.53. The summed E-state index contributed by atoms with van der Waals surface area (Å²) in [6, 6.07) is 6.09. The Morgan fingerprint density at radius 3 is 3.25 bits per heavy atom. The first-order chi connectivity index (χ1) is 7.90. The summed E-state index contributed by atoms with van der Waals surface area (Å²) in [7, 11) is 1.74. The standard InChI is InChI=1S/C13H17NO2/c1-15-11-3-2-4-12-13(11)10-5-6-14-7-9(10)8-16-12/h2-4,9-10,14H,5-8H2,1H3/t9-,10+/m1/s1. The third kappa shape index (κ3) is 1.47. The molecule has 0 unspecified atom stereocenters. The molecule has 3 rings (SSSR count). The van der Waals surface area contributed by atoms with Crippen molar-refractivity contribution in [1.82, 2.24) is 5.32 Å². The monoisotopic (exact) mass is 219 g/mol. The summed E-state index contributed by atoms with van der Waals surface area (Å²) in [5.74, 6) is 3.19. The van der Waals surface area contributed by atoms with Crippen LogP contribution >= 0.6 is 0 Å². The summed E-state index contributed by atoms with van der Waals surface area (Å²) in [4.78, 5) is 0. The van der Waals surface area contributed by atoms with Gasteiger partial charge in [0.15, 0.2) is 0 Å². The van der Waals surface area contributed by atoms with Crippen molar-refractivity contribution in [3.05, 3.63) is 23.8 Å². The normalized spacial score (nSPS) is 27.6. The highest BCUT2D eigenvalue weighted by atomic mass is 16.5. The van der Waals surface area contributed by atoms with Crippen LogP contribution in [0.15, 0.2) is 18.2 Å². The molecule has 1 fully saturated rings. The van der Waals surface area contributed by atoms with Gasteiger partial charge >= 0.3 is 0 Å². The van der Waals surface area contributed by atoms with E-state index in [9.17, 15) is 0 Å². The topological polar surface area (TPSA) is 30.5 Å². The highest BCUT2D eigenvalue weighted by molar-refractivity contribution is 5.49. The summed E-state index contributed by atoms with van der Waals surface area (Å²) in [6.07, 6.45) is 1.18. The zero-order valence-corrected chi connectivity index (χ0v) is 9.53. The number of ether oxygens (including phenoxy) is 2. The first-order valence-electron chi connectivity index (χ1n) is 5.90. The summed E-state index contributed by atoms with van der Waals surface area (Å²) in [6.45, 7) is 2.98. The predicted molar refractivity (Wildman–Crippen MR) is 62.2 cm³/mol. The van der Waals surface area contributed by atoms with Crippen molar-refractivity contribution >= 4 is 0 Å². The minimum atomic E-state index is 0.595. The van der Waals surface area contributed by atoms with E-state index in [0.29, 0.717) is 11.8 Å². The predicted octanol–water partition coefficient (Wildman–Crippen LogP) is 1.78. The van der Waals surface area contributed by atoms with E-state index in [1.54, 1.807) is 7.11 Å². The van der Waals surface area contributed by atoms with Crippen LogP contribution in [0.25, 0.3) is 0 Å². The number of hydrogen-bond donors (Lipinski definition) is 1. The van der Waals surface area contributed by atoms with Gasteiger partial charge in [-0.15, -0.1) is 0 Å². The van der Waals surface area contributed by atoms with Gasteiger partial charge in [-0.3, -0.25) is 0 Å². The van der Waals surface area contributed by atoms with Crippen molar-refractivity contribution in [3.63, 3.8) is 0 Å². The number of methoxy groups -OCH3 is 1. The Bertz CT molecular complexity index is 377. The van der Waals surface area contributed by atoms with Gasteiger partial charge in [-0.25, -0.2) is 0 Å². The van der Waals surface area contributed by atoms with E-state index in [4.69, 9.17) is 9.47 Å². The molecule has 2 heterocycles. The molecule has 3 heteroatoms. The third-order valence-electron chi connectivity index (χ3n) is 3.68. The van der Waals surface area contributed by atoms with Crippen LogP contribution in [-0.2, 0) is 0 Å². The van der Waals surface area contributed by atoms with Crippen LogP contribution in [-0.4, -0.2) is 26.8 Å². The van der Waals surface area contributed by atoms with Crippen LogP contribution in [0.5, 0.6) is 11.5 Å². The van der Waals surface area contributed by atoms with Gasteiger partial charge in [0.2, 0.25) is 0 Å². The minimum absolute atomic E-state index is 0.595. The van der Waals surface area contributed by atoms with Gasteiger partial charge < -0.3 is 14.8 Å². The second-order valence-electron chi connectivity index (χ2n) is 4.54. The molecule has 1 aromatic rings. The second kappa shape index (κ2) is 3.98. The molecular weight excluding hydrogens is 202 g/mol. The highest BCUT2D eigenvalue weighted by Gasteiger charge is 2.34. The molecule has 3 nitrogen and oxygen atoms in total. The van der Waals surface area contributed by atoms with Crippen LogP contribution in [0, 0.1) is 5.92 Å². The van der Waals surface area contributed by atoms with Crippen molar-refractivity contribution in [1.29, 1.82) is 0 Å². The molecule has 0 amide bonds. The lowest BCUT2D eigenvalue weighted by Gasteiger charge is -2.37. The molecule has 2 aliphatic rings. The van der Waals surface area contributed by atoms with Gasteiger partial charge in [0.25, 0.3) is 0 Å². The fourth-order valence-corrected chi connectivity index (χ4v) is 2.87. The van der Waals surface area contributed by atoms with E-state index in [0.717, 1.165) is 31.2 Å². The van der Waals surface area contributed by atoms with Gasteiger partial charge in [0.1, 0.15) is 11.5 Å². The minimum Gasteiger partial charge on any atom is -0.496 e. The molecule has 1 aromatic carbocycles. The van der Waals surface area contributed by atoms with Gasteiger partial charge in [0.05, 0.1) is 13.7 Å². The maximum atomic E-state index is 5.82. The number of nitrogens with one attached hydrogen (secondary N) is 1. The van der Waals surface area contributed by atoms with Crippen LogP contribution in [0.1, 0.15) is 17.9 Å². The van der Waals surface area contributed by atoms with Crippen molar-refractivity contribution in [3.8, 4) is 11.5 Å². The summed E-state index contributed by atoms with van der Waals surface area (Å²) in [5.41, 5.74) is 1.28. The smallest absolute Gasteiger partial charge is 0.126 e. The highest BCUT2D eigenvalue weighted by Crippen LogP contribution is 2.44. The number of piperidine rings is 1. The maximum absolute atomic E-state index is 5.82. The molecule has 1 saturated heterocycles. The summed E-state index contributed by atoms with van der Waals surface area (Å²) >= 11 is 0. The van der Waals surface area contributed by atoms with Gasteiger partial charge in [-0.1, -0.05) is 6.07 Å². The molecular formula is C13H17NO2. The van der Waals surface area contributed by atoms with E-state index in [-0.39, 0.29) is 0 Å². The van der Waals surface area contributed by atoms with Crippen LogP contribution in [0.2, 0.25) is 0 Å². The second-order valence-corrected chi connectivity index (χ2v) is 4.54. The molecule has 0 aliphatic carbocycles.